The number of rotatable bonds is 2. The van der Waals surface area contributed by atoms with Crippen LogP contribution in [0.5, 0.6) is 5.75 Å². The van der Waals surface area contributed by atoms with Gasteiger partial charge in [0.1, 0.15) is 16.9 Å². The molecule has 0 spiro atoms. The van der Waals surface area contributed by atoms with Crippen molar-refractivity contribution >= 4 is 27.2 Å². The first-order valence-corrected chi connectivity index (χ1v) is 6.96. The van der Waals surface area contributed by atoms with Crippen LogP contribution in [0.2, 0.25) is 0 Å². The molecule has 0 unspecified atom stereocenters. The fraction of sp³-hybridized carbons (Fsp3) is 0.0714. The smallest absolute Gasteiger partial charge is 0.172 e. The third kappa shape index (κ3) is 1.58. The van der Waals surface area contributed by atoms with Gasteiger partial charge in [-0.25, -0.2) is 4.98 Å². The zero-order valence-corrected chi connectivity index (χ0v) is 11.5. The first-order valence-electron chi connectivity index (χ1n) is 6.08. The highest BCUT2D eigenvalue weighted by molar-refractivity contribution is 7.16. The van der Waals surface area contributed by atoms with Gasteiger partial charge in [-0.2, -0.15) is 0 Å². The van der Waals surface area contributed by atoms with Crippen molar-refractivity contribution in [3.63, 3.8) is 0 Å². The Kier molecular flexibility index (Phi) is 2.43. The van der Waals surface area contributed by atoms with E-state index in [1.807, 2.05) is 40.1 Å². The lowest BCUT2D eigenvalue weighted by molar-refractivity contribution is 0.415. The molecule has 1 aromatic carbocycles. The summed E-state index contributed by atoms with van der Waals surface area (Å²) in [5.74, 6) is 1.60. The van der Waals surface area contributed by atoms with Gasteiger partial charge in [-0.1, -0.05) is 0 Å². The number of thiophene rings is 1. The molecule has 0 amide bonds. The Morgan fingerprint density at radius 1 is 1.10 bits per heavy atom. The van der Waals surface area contributed by atoms with Crippen LogP contribution in [0.25, 0.3) is 27.3 Å². The average Bonchev–Trinajstić information content (AvgIpc) is 3.13. The minimum Gasteiger partial charge on any atom is -0.497 e. The number of aromatic nitrogens is 4. The van der Waals surface area contributed by atoms with Crippen LogP contribution in [0.4, 0.5) is 0 Å². The Morgan fingerprint density at radius 2 is 1.95 bits per heavy atom. The van der Waals surface area contributed by atoms with Gasteiger partial charge < -0.3 is 4.74 Å². The summed E-state index contributed by atoms with van der Waals surface area (Å²) in [6, 6.07) is 9.77. The zero-order valence-electron chi connectivity index (χ0n) is 10.6. The van der Waals surface area contributed by atoms with Gasteiger partial charge in [0, 0.05) is 5.56 Å². The van der Waals surface area contributed by atoms with Crippen molar-refractivity contribution in [2.75, 3.05) is 7.11 Å². The molecular weight excluding hydrogens is 272 g/mol. The second kappa shape index (κ2) is 4.28. The Morgan fingerprint density at radius 3 is 2.75 bits per heavy atom. The first-order chi connectivity index (χ1) is 9.86. The molecule has 20 heavy (non-hydrogen) atoms. The van der Waals surface area contributed by atoms with E-state index in [9.17, 15) is 0 Å². The molecule has 6 heteroatoms. The second-order valence-electron chi connectivity index (χ2n) is 4.33. The molecular formula is C14H10N4OS. The Balaban J connectivity index is 1.94. The topological polar surface area (TPSA) is 52.3 Å². The van der Waals surface area contributed by atoms with E-state index in [-0.39, 0.29) is 0 Å². The van der Waals surface area contributed by atoms with Gasteiger partial charge in [0.2, 0.25) is 0 Å². The van der Waals surface area contributed by atoms with Crippen LogP contribution in [0.1, 0.15) is 0 Å². The standard InChI is InChI=1S/C14H10N4OS/c1-19-10-4-2-9(3-5-10)12-16-17-13-11-6-7-20-14(11)15-8-18(12)13/h2-8H,1H3. The minimum atomic E-state index is 0.781. The quantitative estimate of drug-likeness (QED) is 0.567. The summed E-state index contributed by atoms with van der Waals surface area (Å²) >= 11 is 1.60. The lowest BCUT2D eigenvalue weighted by Gasteiger charge is -2.02. The molecule has 3 heterocycles. The van der Waals surface area contributed by atoms with Crippen LogP contribution in [-0.2, 0) is 0 Å². The zero-order chi connectivity index (χ0) is 13.5. The molecule has 0 aliphatic rings. The third-order valence-corrected chi connectivity index (χ3v) is 4.04. The molecule has 0 fully saturated rings. The molecule has 0 saturated carbocycles. The average molecular weight is 282 g/mol. The van der Waals surface area contributed by atoms with Crippen molar-refractivity contribution in [1.82, 2.24) is 19.6 Å². The van der Waals surface area contributed by atoms with Crippen LogP contribution in [0.3, 0.4) is 0 Å². The van der Waals surface area contributed by atoms with Crippen LogP contribution in [-0.4, -0.2) is 26.7 Å². The molecule has 5 nitrogen and oxygen atoms in total. The first kappa shape index (κ1) is 11.4. The summed E-state index contributed by atoms with van der Waals surface area (Å²) in [6.07, 6.45) is 1.77. The maximum Gasteiger partial charge on any atom is 0.172 e. The molecule has 0 bridgehead atoms. The van der Waals surface area contributed by atoms with E-state index < -0.39 is 0 Å². The van der Waals surface area contributed by atoms with Crippen molar-refractivity contribution < 1.29 is 4.74 Å². The molecule has 3 aromatic heterocycles. The number of ether oxygens (including phenoxy) is 1. The summed E-state index contributed by atoms with van der Waals surface area (Å²) in [5, 5.41) is 11.6. The predicted octanol–water partition coefficient (Wildman–Crippen LogP) is 3.01. The van der Waals surface area contributed by atoms with Gasteiger partial charge >= 0.3 is 0 Å². The summed E-state index contributed by atoms with van der Waals surface area (Å²) in [6.45, 7) is 0. The number of hydrogen-bond donors (Lipinski definition) is 0. The number of methoxy groups -OCH3 is 1. The highest BCUT2D eigenvalue weighted by Gasteiger charge is 2.11. The summed E-state index contributed by atoms with van der Waals surface area (Å²) in [7, 11) is 1.65. The SMILES string of the molecule is COc1ccc(-c2nnc3c4ccsc4ncn23)cc1. The van der Waals surface area contributed by atoms with E-state index in [2.05, 4.69) is 15.2 Å². The predicted molar refractivity (Wildman–Crippen MR) is 78.2 cm³/mol. The fourth-order valence-electron chi connectivity index (χ4n) is 2.20. The van der Waals surface area contributed by atoms with E-state index in [1.165, 1.54) is 0 Å². The Hall–Kier alpha value is -2.47. The largest absolute Gasteiger partial charge is 0.497 e. The lowest BCUT2D eigenvalue weighted by Crippen LogP contribution is -1.91. The minimum absolute atomic E-state index is 0.781. The van der Waals surface area contributed by atoms with Gasteiger partial charge in [0.05, 0.1) is 12.5 Å². The molecule has 98 valence electrons. The van der Waals surface area contributed by atoms with E-state index in [0.717, 1.165) is 33.0 Å². The van der Waals surface area contributed by atoms with Crippen molar-refractivity contribution in [3.8, 4) is 17.1 Å². The maximum atomic E-state index is 5.17. The monoisotopic (exact) mass is 282 g/mol. The van der Waals surface area contributed by atoms with Gasteiger partial charge in [-0.15, -0.1) is 21.5 Å². The van der Waals surface area contributed by atoms with Gasteiger partial charge in [-0.3, -0.25) is 4.40 Å². The van der Waals surface area contributed by atoms with Crippen molar-refractivity contribution in [1.29, 1.82) is 0 Å². The molecule has 0 aliphatic heterocycles. The van der Waals surface area contributed by atoms with Crippen LogP contribution >= 0.6 is 11.3 Å². The van der Waals surface area contributed by atoms with E-state index in [1.54, 1.807) is 24.8 Å². The fourth-order valence-corrected chi connectivity index (χ4v) is 2.93. The van der Waals surface area contributed by atoms with E-state index in [0.29, 0.717) is 0 Å². The van der Waals surface area contributed by atoms with Crippen LogP contribution < -0.4 is 4.74 Å². The second-order valence-corrected chi connectivity index (χ2v) is 5.22. The van der Waals surface area contributed by atoms with Gasteiger partial charge in [0.25, 0.3) is 0 Å². The number of fused-ring (bicyclic) bond motifs is 3. The number of benzene rings is 1. The lowest BCUT2D eigenvalue weighted by atomic mass is 10.2. The summed E-state index contributed by atoms with van der Waals surface area (Å²) < 4.78 is 7.08. The van der Waals surface area contributed by atoms with E-state index >= 15 is 0 Å². The number of hydrogen-bond acceptors (Lipinski definition) is 5. The van der Waals surface area contributed by atoms with Crippen molar-refractivity contribution in [3.05, 3.63) is 42.0 Å². The normalized spacial score (nSPS) is 11.2. The molecule has 4 aromatic rings. The third-order valence-electron chi connectivity index (χ3n) is 3.22. The van der Waals surface area contributed by atoms with E-state index in [4.69, 9.17) is 4.74 Å². The summed E-state index contributed by atoms with van der Waals surface area (Å²) in [4.78, 5) is 5.42. The van der Waals surface area contributed by atoms with Crippen LogP contribution in [0, 0.1) is 0 Å². The van der Waals surface area contributed by atoms with Crippen molar-refractivity contribution in [2.45, 2.75) is 0 Å². The number of nitrogens with zero attached hydrogens (tertiary/aromatic N) is 4. The maximum absolute atomic E-state index is 5.17. The molecule has 4 rings (SSSR count). The van der Waals surface area contributed by atoms with Crippen LogP contribution in [0.15, 0.2) is 42.0 Å². The van der Waals surface area contributed by atoms with Gasteiger partial charge in [0.15, 0.2) is 11.5 Å². The molecule has 0 aliphatic carbocycles. The summed E-state index contributed by atoms with van der Waals surface area (Å²) in [5.41, 5.74) is 1.82. The molecule has 0 atom stereocenters. The van der Waals surface area contributed by atoms with Gasteiger partial charge in [-0.05, 0) is 35.7 Å². The Bertz CT molecular complexity index is 894. The van der Waals surface area contributed by atoms with Crippen molar-refractivity contribution in [2.24, 2.45) is 0 Å². The molecule has 0 saturated heterocycles. The Labute approximate surface area is 118 Å². The highest BCUT2D eigenvalue weighted by Crippen LogP contribution is 2.26. The molecule has 0 radical (unpaired) electrons. The molecule has 0 N–H and O–H groups in total. The highest BCUT2D eigenvalue weighted by atomic mass is 32.1.